The summed E-state index contributed by atoms with van der Waals surface area (Å²) < 4.78 is 16.2. The summed E-state index contributed by atoms with van der Waals surface area (Å²) in [5.74, 6) is -1.33. The fraction of sp³-hybridized carbons (Fsp3) is 0.240. The second kappa shape index (κ2) is 9.90. The molecule has 5 rings (SSSR count). The first kappa shape index (κ1) is 23.7. The number of nitrogens with one attached hydrogen (secondary N) is 1. The zero-order chi connectivity index (χ0) is 25.2. The molecule has 2 amide bonds. The quantitative estimate of drug-likeness (QED) is 0.413. The number of amides is 2. The van der Waals surface area contributed by atoms with Crippen LogP contribution in [0.1, 0.15) is 12.0 Å². The predicted molar refractivity (Wildman–Crippen MR) is 132 cm³/mol. The van der Waals surface area contributed by atoms with Crippen LogP contribution in [0.2, 0.25) is 5.02 Å². The molecule has 2 aromatic carbocycles. The largest absolute Gasteiger partial charge is 0.354 e. The Morgan fingerprint density at radius 1 is 1.17 bits per heavy atom. The minimum Gasteiger partial charge on any atom is -0.354 e. The third-order valence-corrected chi connectivity index (χ3v) is 6.36. The van der Waals surface area contributed by atoms with Gasteiger partial charge >= 0.3 is 0 Å². The van der Waals surface area contributed by atoms with Crippen LogP contribution in [-0.2, 0) is 22.7 Å². The van der Waals surface area contributed by atoms with Crippen molar-refractivity contribution in [3.63, 3.8) is 0 Å². The standard InChI is InChI=1S/C25H22ClFN6O3/c26-18-3-1-2-16(10-18)13-31-15-29-23-21(25(31)36)12-30-33(23)9-8-28-24(35)17-11-22(34)32(14-17)20-6-4-19(27)5-7-20/h1-7,10,12,15,17H,8-9,11,13-14H2,(H,28,35). The summed E-state index contributed by atoms with van der Waals surface area (Å²) in [6, 6.07) is 12.9. The molecule has 0 bridgehead atoms. The van der Waals surface area contributed by atoms with Gasteiger partial charge in [-0.15, -0.1) is 0 Å². The van der Waals surface area contributed by atoms with Gasteiger partial charge in [0.05, 0.1) is 25.2 Å². The topological polar surface area (TPSA) is 102 Å². The first-order valence-corrected chi connectivity index (χ1v) is 11.8. The molecule has 0 radical (unpaired) electrons. The molecule has 1 fully saturated rings. The molecule has 184 valence electrons. The Morgan fingerprint density at radius 2 is 1.97 bits per heavy atom. The summed E-state index contributed by atoms with van der Waals surface area (Å²) in [4.78, 5) is 43.8. The van der Waals surface area contributed by atoms with Gasteiger partial charge in [-0.3, -0.25) is 19.0 Å². The molecule has 9 nitrogen and oxygen atoms in total. The van der Waals surface area contributed by atoms with Crippen LogP contribution in [-0.4, -0.2) is 44.2 Å². The van der Waals surface area contributed by atoms with Gasteiger partial charge in [0.15, 0.2) is 5.65 Å². The predicted octanol–water partition coefficient (Wildman–Crippen LogP) is 2.60. The normalized spacial score (nSPS) is 15.6. The van der Waals surface area contributed by atoms with Gasteiger partial charge in [0.1, 0.15) is 17.5 Å². The van der Waals surface area contributed by atoms with Gasteiger partial charge in [-0.25, -0.2) is 14.1 Å². The van der Waals surface area contributed by atoms with Crippen LogP contribution in [0, 0.1) is 11.7 Å². The van der Waals surface area contributed by atoms with Gasteiger partial charge in [0, 0.05) is 30.2 Å². The van der Waals surface area contributed by atoms with Crippen LogP contribution in [0.15, 0.2) is 65.8 Å². The number of carbonyl (C=O) groups is 2. The summed E-state index contributed by atoms with van der Waals surface area (Å²) >= 11 is 6.03. The van der Waals surface area contributed by atoms with Crippen molar-refractivity contribution in [3.05, 3.63) is 87.8 Å². The zero-order valence-electron chi connectivity index (χ0n) is 19.1. The van der Waals surface area contributed by atoms with Crippen LogP contribution < -0.4 is 15.8 Å². The summed E-state index contributed by atoms with van der Waals surface area (Å²) in [5, 5.41) is 8.06. The van der Waals surface area contributed by atoms with E-state index in [1.165, 1.54) is 46.3 Å². The molecule has 11 heteroatoms. The van der Waals surface area contributed by atoms with Gasteiger partial charge in [0.25, 0.3) is 5.56 Å². The highest BCUT2D eigenvalue weighted by molar-refractivity contribution is 6.30. The number of hydrogen-bond acceptors (Lipinski definition) is 5. The highest BCUT2D eigenvalue weighted by Gasteiger charge is 2.35. The van der Waals surface area contributed by atoms with Crippen molar-refractivity contribution in [2.45, 2.75) is 19.5 Å². The Morgan fingerprint density at radius 3 is 2.75 bits per heavy atom. The fourth-order valence-electron chi connectivity index (χ4n) is 4.29. The Kier molecular flexibility index (Phi) is 6.51. The maximum atomic E-state index is 13.2. The van der Waals surface area contributed by atoms with E-state index < -0.39 is 5.92 Å². The van der Waals surface area contributed by atoms with E-state index in [0.717, 1.165) is 5.56 Å². The minimum atomic E-state index is -0.506. The number of anilines is 1. The van der Waals surface area contributed by atoms with Crippen molar-refractivity contribution in [1.29, 1.82) is 0 Å². The van der Waals surface area contributed by atoms with Crippen molar-refractivity contribution < 1.29 is 14.0 Å². The molecule has 3 heterocycles. The molecule has 1 unspecified atom stereocenters. The van der Waals surface area contributed by atoms with Crippen molar-refractivity contribution in [1.82, 2.24) is 24.6 Å². The second-order valence-corrected chi connectivity index (χ2v) is 9.02. The average molecular weight is 509 g/mol. The Balaban J connectivity index is 1.20. The molecular weight excluding hydrogens is 487 g/mol. The lowest BCUT2D eigenvalue weighted by Crippen LogP contribution is -2.35. The van der Waals surface area contributed by atoms with E-state index in [1.54, 1.807) is 16.8 Å². The van der Waals surface area contributed by atoms with Crippen LogP contribution in [0.3, 0.4) is 0 Å². The monoisotopic (exact) mass is 508 g/mol. The number of halogens is 2. The van der Waals surface area contributed by atoms with Crippen LogP contribution in [0.4, 0.5) is 10.1 Å². The van der Waals surface area contributed by atoms with E-state index >= 15 is 0 Å². The van der Waals surface area contributed by atoms with Crippen LogP contribution >= 0.6 is 11.6 Å². The van der Waals surface area contributed by atoms with Crippen molar-refractivity contribution in [2.75, 3.05) is 18.0 Å². The Hall–Kier alpha value is -4.05. The maximum absolute atomic E-state index is 13.2. The lowest BCUT2D eigenvalue weighted by Gasteiger charge is -2.16. The molecule has 1 aliphatic rings. The smallest absolute Gasteiger partial charge is 0.264 e. The SMILES string of the molecule is O=C(NCCn1ncc2c(=O)n(Cc3cccc(Cl)c3)cnc21)C1CC(=O)N(c2ccc(F)cc2)C1. The van der Waals surface area contributed by atoms with Gasteiger partial charge in [-0.1, -0.05) is 23.7 Å². The minimum absolute atomic E-state index is 0.0850. The average Bonchev–Trinajstić information content (AvgIpc) is 3.45. The summed E-state index contributed by atoms with van der Waals surface area (Å²) in [6.45, 7) is 1.12. The van der Waals surface area contributed by atoms with Gasteiger partial charge in [-0.05, 0) is 42.0 Å². The molecule has 0 saturated carbocycles. The van der Waals surface area contributed by atoms with E-state index in [0.29, 0.717) is 34.8 Å². The maximum Gasteiger partial charge on any atom is 0.264 e. The van der Waals surface area contributed by atoms with Gasteiger partial charge in [0.2, 0.25) is 11.8 Å². The van der Waals surface area contributed by atoms with E-state index in [2.05, 4.69) is 15.4 Å². The number of benzene rings is 2. The second-order valence-electron chi connectivity index (χ2n) is 8.59. The van der Waals surface area contributed by atoms with E-state index in [-0.39, 0.29) is 42.7 Å². The molecule has 1 N–H and O–H groups in total. The first-order chi connectivity index (χ1) is 17.4. The molecule has 1 saturated heterocycles. The molecule has 0 aliphatic carbocycles. The number of hydrogen-bond donors (Lipinski definition) is 1. The van der Waals surface area contributed by atoms with Crippen LogP contribution in [0.5, 0.6) is 0 Å². The van der Waals surface area contributed by atoms with E-state index in [9.17, 15) is 18.8 Å². The number of nitrogens with zero attached hydrogens (tertiary/aromatic N) is 5. The molecular formula is C25H22ClFN6O3. The van der Waals surface area contributed by atoms with Gasteiger partial charge < -0.3 is 10.2 Å². The molecule has 0 spiro atoms. The van der Waals surface area contributed by atoms with Crippen LogP contribution in [0.25, 0.3) is 11.0 Å². The molecule has 2 aromatic heterocycles. The summed E-state index contributed by atoms with van der Waals surface area (Å²) in [6.07, 6.45) is 3.02. The van der Waals surface area contributed by atoms with Gasteiger partial charge in [-0.2, -0.15) is 5.10 Å². The Labute approximate surface area is 210 Å². The highest BCUT2D eigenvalue weighted by atomic mass is 35.5. The number of fused-ring (bicyclic) bond motifs is 1. The first-order valence-electron chi connectivity index (χ1n) is 11.4. The van der Waals surface area contributed by atoms with Crippen molar-refractivity contribution >= 4 is 40.1 Å². The number of rotatable bonds is 7. The van der Waals surface area contributed by atoms with E-state index in [4.69, 9.17) is 11.6 Å². The Bertz CT molecular complexity index is 1500. The third-order valence-electron chi connectivity index (χ3n) is 6.12. The summed E-state index contributed by atoms with van der Waals surface area (Å²) in [7, 11) is 0. The van der Waals surface area contributed by atoms with Crippen molar-refractivity contribution in [3.8, 4) is 0 Å². The fourth-order valence-corrected chi connectivity index (χ4v) is 4.50. The lowest BCUT2D eigenvalue weighted by atomic mass is 10.1. The molecule has 36 heavy (non-hydrogen) atoms. The lowest BCUT2D eigenvalue weighted by molar-refractivity contribution is -0.126. The number of carbonyl (C=O) groups excluding carboxylic acids is 2. The highest BCUT2D eigenvalue weighted by Crippen LogP contribution is 2.25. The molecule has 4 aromatic rings. The molecule has 1 atom stereocenters. The third kappa shape index (κ3) is 4.85. The summed E-state index contributed by atoms with van der Waals surface area (Å²) in [5.41, 5.74) is 1.65. The zero-order valence-corrected chi connectivity index (χ0v) is 19.9. The molecule has 1 aliphatic heterocycles. The van der Waals surface area contributed by atoms with E-state index in [1.807, 2.05) is 12.1 Å². The van der Waals surface area contributed by atoms with Crippen molar-refractivity contribution in [2.24, 2.45) is 5.92 Å². The number of aromatic nitrogens is 4.